The van der Waals surface area contributed by atoms with Crippen LogP contribution < -0.4 is 5.32 Å². The number of nitrogens with zero attached hydrogens (tertiary/aromatic N) is 1. The third-order valence-corrected chi connectivity index (χ3v) is 3.62. The van der Waals surface area contributed by atoms with Crippen LogP contribution in [0.2, 0.25) is 0 Å². The molecule has 1 saturated carbocycles. The molecule has 16 heavy (non-hydrogen) atoms. The normalized spacial score (nSPS) is 18.0. The van der Waals surface area contributed by atoms with Gasteiger partial charge >= 0.3 is 0 Å². The van der Waals surface area contributed by atoms with Gasteiger partial charge in [0.1, 0.15) is 0 Å². The fourth-order valence-electron chi connectivity index (χ4n) is 2.19. The van der Waals surface area contributed by atoms with E-state index in [1.807, 2.05) is 0 Å². The second-order valence-electron chi connectivity index (χ2n) is 5.29. The molecule has 1 N–H and O–H groups in total. The maximum absolute atomic E-state index is 3.59. The van der Waals surface area contributed by atoms with E-state index >= 15 is 0 Å². The van der Waals surface area contributed by atoms with E-state index in [2.05, 4.69) is 31.0 Å². The first kappa shape index (κ1) is 14.0. The first-order valence-electron chi connectivity index (χ1n) is 7.22. The Kier molecular flexibility index (Phi) is 7.06. The summed E-state index contributed by atoms with van der Waals surface area (Å²) in [5.74, 6) is 1.02. The van der Waals surface area contributed by atoms with Crippen molar-refractivity contribution in [2.45, 2.75) is 58.9 Å². The molecule has 1 aliphatic carbocycles. The molecule has 0 bridgehead atoms. The SMILES string of the molecule is CCCCCNCC(C)N(CC)CC1CC1. The average Bonchev–Trinajstić information content (AvgIpc) is 3.09. The number of hydrogen-bond donors (Lipinski definition) is 1. The van der Waals surface area contributed by atoms with Gasteiger partial charge in [-0.05, 0) is 45.2 Å². The Balaban J connectivity index is 2.03. The minimum absolute atomic E-state index is 0.701. The summed E-state index contributed by atoms with van der Waals surface area (Å²) < 4.78 is 0. The van der Waals surface area contributed by atoms with E-state index in [0.717, 1.165) is 12.5 Å². The molecule has 0 aromatic carbocycles. The van der Waals surface area contributed by atoms with Crippen molar-refractivity contribution >= 4 is 0 Å². The van der Waals surface area contributed by atoms with Crippen molar-refractivity contribution in [3.05, 3.63) is 0 Å². The Morgan fingerprint density at radius 1 is 1.25 bits per heavy atom. The van der Waals surface area contributed by atoms with Gasteiger partial charge in [-0.15, -0.1) is 0 Å². The Labute approximate surface area is 102 Å². The van der Waals surface area contributed by atoms with Gasteiger partial charge in [-0.3, -0.25) is 4.90 Å². The van der Waals surface area contributed by atoms with Gasteiger partial charge in [-0.1, -0.05) is 26.7 Å². The molecule has 0 amide bonds. The van der Waals surface area contributed by atoms with Gasteiger partial charge in [0, 0.05) is 19.1 Å². The standard InChI is InChI=1S/C14H30N2/c1-4-6-7-10-15-11-13(3)16(5-2)12-14-8-9-14/h13-15H,4-12H2,1-3H3. The van der Waals surface area contributed by atoms with Gasteiger partial charge in [0.15, 0.2) is 0 Å². The van der Waals surface area contributed by atoms with E-state index < -0.39 is 0 Å². The summed E-state index contributed by atoms with van der Waals surface area (Å²) in [4.78, 5) is 2.63. The molecule has 0 saturated heterocycles. The van der Waals surface area contributed by atoms with Crippen LogP contribution in [-0.4, -0.2) is 37.1 Å². The van der Waals surface area contributed by atoms with Crippen LogP contribution in [0.1, 0.15) is 52.9 Å². The lowest BCUT2D eigenvalue weighted by Gasteiger charge is -2.28. The molecule has 2 heteroatoms. The second kappa shape index (κ2) is 8.08. The zero-order valence-electron chi connectivity index (χ0n) is 11.5. The quantitative estimate of drug-likeness (QED) is 0.576. The van der Waals surface area contributed by atoms with Crippen molar-refractivity contribution in [1.29, 1.82) is 0 Å². The van der Waals surface area contributed by atoms with Crippen LogP contribution in [0.25, 0.3) is 0 Å². The van der Waals surface area contributed by atoms with Crippen molar-refractivity contribution in [1.82, 2.24) is 10.2 Å². The van der Waals surface area contributed by atoms with Crippen LogP contribution in [0.5, 0.6) is 0 Å². The van der Waals surface area contributed by atoms with Crippen LogP contribution in [0, 0.1) is 5.92 Å². The number of unbranched alkanes of at least 4 members (excludes halogenated alkanes) is 2. The molecule has 1 rings (SSSR count). The third-order valence-electron chi connectivity index (χ3n) is 3.62. The number of nitrogens with one attached hydrogen (secondary N) is 1. The molecule has 0 spiro atoms. The van der Waals surface area contributed by atoms with Gasteiger partial charge < -0.3 is 5.32 Å². The lowest BCUT2D eigenvalue weighted by molar-refractivity contribution is 0.206. The third kappa shape index (κ3) is 5.86. The number of likely N-dealkylation sites (N-methyl/N-ethyl adjacent to an activating group) is 1. The molecule has 1 atom stereocenters. The minimum Gasteiger partial charge on any atom is -0.315 e. The van der Waals surface area contributed by atoms with E-state index in [-0.39, 0.29) is 0 Å². The van der Waals surface area contributed by atoms with Crippen molar-refractivity contribution in [3.8, 4) is 0 Å². The molecule has 1 aliphatic rings. The van der Waals surface area contributed by atoms with Crippen molar-refractivity contribution < 1.29 is 0 Å². The predicted molar refractivity (Wildman–Crippen MR) is 71.8 cm³/mol. The minimum atomic E-state index is 0.701. The monoisotopic (exact) mass is 226 g/mol. The van der Waals surface area contributed by atoms with Gasteiger partial charge in [-0.25, -0.2) is 0 Å². The highest BCUT2D eigenvalue weighted by atomic mass is 15.2. The summed E-state index contributed by atoms with van der Waals surface area (Å²) in [6.07, 6.45) is 6.94. The van der Waals surface area contributed by atoms with E-state index in [0.29, 0.717) is 6.04 Å². The van der Waals surface area contributed by atoms with Crippen LogP contribution in [0.4, 0.5) is 0 Å². The van der Waals surface area contributed by atoms with Crippen LogP contribution in [-0.2, 0) is 0 Å². The van der Waals surface area contributed by atoms with Crippen LogP contribution >= 0.6 is 0 Å². The number of rotatable bonds is 10. The molecule has 0 heterocycles. The molecule has 2 nitrogen and oxygen atoms in total. The molecular formula is C14H30N2. The van der Waals surface area contributed by atoms with Crippen molar-refractivity contribution in [2.24, 2.45) is 5.92 Å². The Hall–Kier alpha value is -0.0800. The Morgan fingerprint density at radius 3 is 2.56 bits per heavy atom. The first-order chi connectivity index (χ1) is 7.77. The van der Waals surface area contributed by atoms with Crippen LogP contribution in [0.15, 0.2) is 0 Å². The largest absolute Gasteiger partial charge is 0.315 e. The summed E-state index contributed by atoms with van der Waals surface area (Å²) in [6.45, 7) is 11.8. The molecule has 0 aromatic rings. The number of hydrogen-bond acceptors (Lipinski definition) is 2. The van der Waals surface area contributed by atoms with Gasteiger partial charge in [0.2, 0.25) is 0 Å². The van der Waals surface area contributed by atoms with Crippen LogP contribution in [0.3, 0.4) is 0 Å². The molecule has 1 unspecified atom stereocenters. The molecular weight excluding hydrogens is 196 g/mol. The van der Waals surface area contributed by atoms with E-state index in [1.54, 1.807) is 0 Å². The highest BCUT2D eigenvalue weighted by molar-refractivity contribution is 4.79. The van der Waals surface area contributed by atoms with E-state index in [4.69, 9.17) is 0 Å². The highest BCUT2D eigenvalue weighted by Crippen LogP contribution is 2.30. The van der Waals surface area contributed by atoms with Gasteiger partial charge in [-0.2, -0.15) is 0 Å². The highest BCUT2D eigenvalue weighted by Gasteiger charge is 2.25. The Morgan fingerprint density at radius 2 is 2.00 bits per heavy atom. The van der Waals surface area contributed by atoms with E-state index in [9.17, 15) is 0 Å². The molecule has 96 valence electrons. The fourth-order valence-corrected chi connectivity index (χ4v) is 2.19. The predicted octanol–water partition coefficient (Wildman–Crippen LogP) is 2.89. The summed E-state index contributed by atoms with van der Waals surface area (Å²) in [5, 5.41) is 3.59. The van der Waals surface area contributed by atoms with Gasteiger partial charge in [0.25, 0.3) is 0 Å². The summed E-state index contributed by atoms with van der Waals surface area (Å²) in [5.41, 5.74) is 0. The zero-order chi connectivity index (χ0) is 11.8. The van der Waals surface area contributed by atoms with Crippen molar-refractivity contribution in [3.63, 3.8) is 0 Å². The maximum atomic E-state index is 3.59. The van der Waals surface area contributed by atoms with Gasteiger partial charge in [0.05, 0.1) is 0 Å². The molecule has 0 radical (unpaired) electrons. The lowest BCUT2D eigenvalue weighted by atomic mass is 10.2. The molecule has 1 fully saturated rings. The smallest absolute Gasteiger partial charge is 0.0192 e. The van der Waals surface area contributed by atoms with E-state index in [1.165, 1.54) is 51.7 Å². The maximum Gasteiger partial charge on any atom is 0.0192 e. The topological polar surface area (TPSA) is 15.3 Å². The second-order valence-corrected chi connectivity index (χ2v) is 5.29. The zero-order valence-corrected chi connectivity index (χ0v) is 11.5. The molecule has 0 aliphatic heterocycles. The average molecular weight is 226 g/mol. The van der Waals surface area contributed by atoms with Crippen molar-refractivity contribution in [2.75, 3.05) is 26.2 Å². The summed E-state index contributed by atoms with van der Waals surface area (Å²) in [6, 6.07) is 0.701. The summed E-state index contributed by atoms with van der Waals surface area (Å²) >= 11 is 0. The lowest BCUT2D eigenvalue weighted by Crippen LogP contribution is -2.41. The summed E-state index contributed by atoms with van der Waals surface area (Å²) in [7, 11) is 0. The Bertz CT molecular complexity index is 166. The molecule has 0 aromatic heterocycles. The first-order valence-corrected chi connectivity index (χ1v) is 7.22. The fraction of sp³-hybridized carbons (Fsp3) is 1.00.